The molecule has 0 aliphatic carbocycles. The van der Waals surface area contributed by atoms with Crippen LogP contribution in [0.15, 0.2) is 30.7 Å². The third kappa shape index (κ3) is 2.13. The van der Waals surface area contributed by atoms with Gasteiger partial charge in [0.15, 0.2) is 0 Å². The number of nitrogens with zero attached hydrogens (tertiary/aromatic N) is 2. The van der Waals surface area contributed by atoms with Gasteiger partial charge in [-0.15, -0.1) is 0 Å². The summed E-state index contributed by atoms with van der Waals surface area (Å²) in [6.45, 7) is 1.90. The first kappa shape index (κ1) is 11.2. The van der Waals surface area contributed by atoms with E-state index >= 15 is 0 Å². The first-order chi connectivity index (χ1) is 8.09. The SMILES string of the molecule is Cc1cccc(N)c1NC(=O)c1cncn1C. The zero-order valence-corrected chi connectivity index (χ0v) is 9.77. The van der Waals surface area contributed by atoms with Crippen molar-refractivity contribution in [2.45, 2.75) is 6.92 Å². The maximum absolute atomic E-state index is 12.0. The van der Waals surface area contributed by atoms with Crippen LogP contribution in [0, 0.1) is 6.92 Å². The highest BCUT2D eigenvalue weighted by molar-refractivity contribution is 6.05. The summed E-state index contributed by atoms with van der Waals surface area (Å²) in [6, 6.07) is 5.51. The van der Waals surface area contributed by atoms with Crippen LogP contribution in [0.2, 0.25) is 0 Å². The first-order valence-corrected chi connectivity index (χ1v) is 5.22. The van der Waals surface area contributed by atoms with Gasteiger partial charge in [-0.25, -0.2) is 4.98 Å². The zero-order valence-electron chi connectivity index (χ0n) is 9.77. The average Bonchev–Trinajstić information content (AvgIpc) is 2.70. The number of carbonyl (C=O) groups is 1. The Labute approximate surface area is 99.3 Å². The standard InChI is InChI=1S/C12H14N4O/c1-8-4-3-5-9(13)11(8)15-12(17)10-6-14-7-16(10)2/h3-7H,13H2,1-2H3,(H,15,17). The van der Waals surface area contributed by atoms with Crippen LogP contribution in [0.3, 0.4) is 0 Å². The fraction of sp³-hybridized carbons (Fsp3) is 0.167. The number of nitrogens with one attached hydrogen (secondary N) is 1. The van der Waals surface area contributed by atoms with E-state index in [0.717, 1.165) is 5.56 Å². The Bertz CT molecular complexity index is 539. The number of hydrogen-bond acceptors (Lipinski definition) is 3. The summed E-state index contributed by atoms with van der Waals surface area (Å²) in [7, 11) is 1.77. The molecule has 0 radical (unpaired) electrons. The Balaban J connectivity index is 2.28. The number of anilines is 2. The van der Waals surface area contributed by atoms with Crippen molar-refractivity contribution < 1.29 is 4.79 Å². The Kier molecular flexibility index (Phi) is 2.82. The monoisotopic (exact) mass is 230 g/mol. The smallest absolute Gasteiger partial charge is 0.273 e. The number of nitrogens with two attached hydrogens (primary N) is 1. The number of para-hydroxylation sites is 1. The van der Waals surface area contributed by atoms with Crippen molar-refractivity contribution in [3.8, 4) is 0 Å². The second kappa shape index (κ2) is 4.29. The fourth-order valence-electron chi connectivity index (χ4n) is 1.61. The highest BCUT2D eigenvalue weighted by Gasteiger charge is 2.12. The first-order valence-electron chi connectivity index (χ1n) is 5.22. The summed E-state index contributed by atoms with van der Waals surface area (Å²) in [5.41, 5.74) is 8.46. The Morgan fingerprint density at radius 1 is 1.47 bits per heavy atom. The molecule has 0 fully saturated rings. The number of imidazole rings is 1. The van der Waals surface area contributed by atoms with Gasteiger partial charge in [0.2, 0.25) is 0 Å². The van der Waals surface area contributed by atoms with Gasteiger partial charge in [-0.2, -0.15) is 0 Å². The molecule has 17 heavy (non-hydrogen) atoms. The van der Waals surface area contributed by atoms with Crippen LogP contribution in [-0.4, -0.2) is 15.5 Å². The van der Waals surface area contributed by atoms with Gasteiger partial charge in [0.25, 0.3) is 5.91 Å². The molecule has 5 nitrogen and oxygen atoms in total. The van der Waals surface area contributed by atoms with Crippen LogP contribution in [0.1, 0.15) is 16.1 Å². The molecular formula is C12H14N4O. The molecule has 1 aromatic carbocycles. The molecule has 5 heteroatoms. The average molecular weight is 230 g/mol. The molecule has 2 aromatic rings. The van der Waals surface area contributed by atoms with Crippen LogP contribution in [0.5, 0.6) is 0 Å². The molecule has 0 unspecified atom stereocenters. The van der Waals surface area contributed by atoms with Gasteiger partial charge in [0, 0.05) is 7.05 Å². The normalized spacial score (nSPS) is 10.2. The number of rotatable bonds is 2. The minimum Gasteiger partial charge on any atom is -0.397 e. The highest BCUT2D eigenvalue weighted by atomic mass is 16.2. The molecule has 3 N–H and O–H groups in total. The number of aryl methyl sites for hydroxylation is 2. The third-order valence-electron chi connectivity index (χ3n) is 2.59. The molecule has 0 atom stereocenters. The Hall–Kier alpha value is -2.30. The maximum Gasteiger partial charge on any atom is 0.273 e. The largest absolute Gasteiger partial charge is 0.397 e. The second-order valence-electron chi connectivity index (χ2n) is 3.88. The number of nitrogen functional groups attached to an aromatic ring is 1. The number of carbonyl (C=O) groups excluding carboxylic acids is 1. The summed E-state index contributed by atoms with van der Waals surface area (Å²) in [6.07, 6.45) is 3.10. The fourth-order valence-corrected chi connectivity index (χ4v) is 1.61. The van der Waals surface area contributed by atoms with E-state index in [1.165, 1.54) is 6.20 Å². The van der Waals surface area contributed by atoms with E-state index in [0.29, 0.717) is 17.1 Å². The van der Waals surface area contributed by atoms with Crippen molar-refractivity contribution in [3.63, 3.8) is 0 Å². The van der Waals surface area contributed by atoms with E-state index in [9.17, 15) is 4.79 Å². The molecule has 1 amide bonds. The van der Waals surface area contributed by atoms with E-state index in [1.807, 2.05) is 19.1 Å². The van der Waals surface area contributed by atoms with Crippen LogP contribution in [0.25, 0.3) is 0 Å². The summed E-state index contributed by atoms with van der Waals surface area (Å²) in [5.74, 6) is -0.217. The van der Waals surface area contributed by atoms with Crippen LogP contribution < -0.4 is 11.1 Å². The van der Waals surface area contributed by atoms with Crippen molar-refractivity contribution in [1.29, 1.82) is 0 Å². The van der Waals surface area contributed by atoms with Gasteiger partial charge in [-0.05, 0) is 18.6 Å². The second-order valence-corrected chi connectivity index (χ2v) is 3.88. The van der Waals surface area contributed by atoms with E-state index < -0.39 is 0 Å². The van der Waals surface area contributed by atoms with Gasteiger partial charge in [0.05, 0.1) is 23.9 Å². The quantitative estimate of drug-likeness (QED) is 0.769. The lowest BCUT2D eigenvalue weighted by atomic mass is 10.1. The van der Waals surface area contributed by atoms with Crippen molar-refractivity contribution in [3.05, 3.63) is 42.0 Å². The molecule has 0 aliphatic heterocycles. The highest BCUT2D eigenvalue weighted by Crippen LogP contribution is 2.22. The lowest BCUT2D eigenvalue weighted by Crippen LogP contribution is -2.17. The lowest BCUT2D eigenvalue weighted by molar-refractivity contribution is 0.101. The predicted molar refractivity (Wildman–Crippen MR) is 66.8 cm³/mol. The van der Waals surface area contributed by atoms with Gasteiger partial charge in [0.1, 0.15) is 5.69 Å². The molecule has 0 aliphatic rings. The Morgan fingerprint density at radius 3 is 2.82 bits per heavy atom. The topological polar surface area (TPSA) is 72.9 Å². The number of hydrogen-bond donors (Lipinski definition) is 2. The molecule has 1 aromatic heterocycles. The zero-order chi connectivity index (χ0) is 12.4. The predicted octanol–water partition coefficient (Wildman–Crippen LogP) is 1.56. The maximum atomic E-state index is 12.0. The van der Waals surface area contributed by atoms with Crippen molar-refractivity contribution in [1.82, 2.24) is 9.55 Å². The number of aromatic nitrogens is 2. The van der Waals surface area contributed by atoms with Crippen LogP contribution in [-0.2, 0) is 7.05 Å². The molecule has 0 bridgehead atoms. The van der Waals surface area contributed by atoms with Gasteiger partial charge >= 0.3 is 0 Å². The third-order valence-corrected chi connectivity index (χ3v) is 2.59. The number of benzene rings is 1. The van der Waals surface area contributed by atoms with Crippen molar-refractivity contribution in [2.24, 2.45) is 7.05 Å². The van der Waals surface area contributed by atoms with Gasteiger partial charge in [-0.3, -0.25) is 4.79 Å². The van der Waals surface area contributed by atoms with Crippen molar-refractivity contribution >= 4 is 17.3 Å². The molecule has 2 rings (SSSR count). The molecule has 0 saturated carbocycles. The molecule has 0 saturated heterocycles. The van der Waals surface area contributed by atoms with E-state index in [2.05, 4.69) is 10.3 Å². The summed E-state index contributed by atoms with van der Waals surface area (Å²) >= 11 is 0. The van der Waals surface area contributed by atoms with Crippen molar-refractivity contribution in [2.75, 3.05) is 11.1 Å². The summed E-state index contributed by atoms with van der Waals surface area (Å²) in [5, 5.41) is 2.80. The summed E-state index contributed by atoms with van der Waals surface area (Å²) in [4.78, 5) is 15.9. The number of amides is 1. The molecule has 1 heterocycles. The van der Waals surface area contributed by atoms with Gasteiger partial charge in [-0.1, -0.05) is 12.1 Å². The minimum absolute atomic E-state index is 0.217. The van der Waals surface area contributed by atoms with Crippen LogP contribution in [0.4, 0.5) is 11.4 Å². The van der Waals surface area contributed by atoms with E-state index in [-0.39, 0.29) is 5.91 Å². The molecule has 88 valence electrons. The van der Waals surface area contributed by atoms with Crippen LogP contribution >= 0.6 is 0 Å². The van der Waals surface area contributed by atoms with E-state index in [1.54, 1.807) is 24.0 Å². The lowest BCUT2D eigenvalue weighted by Gasteiger charge is -2.10. The van der Waals surface area contributed by atoms with Gasteiger partial charge < -0.3 is 15.6 Å². The molecular weight excluding hydrogens is 216 g/mol. The summed E-state index contributed by atoms with van der Waals surface area (Å²) < 4.78 is 1.66. The Morgan fingerprint density at radius 2 is 2.24 bits per heavy atom. The molecule has 0 spiro atoms. The van der Waals surface area contributed by atoms with E-state index in [4.69, 9.17) is 5.73 Å². The minimum atomic E-state index is -0.217.